The number of carbonyl (C=O) groups is 1. The minimum atomic E-state index is -0.728. The number of ether oxygens (including phenoxy) is 4. The van der Waals surface area contributed by atoms with E-state index < -0.39 is 6.16 Å². The molecule has 0 atom stereocenters. The molecule has 2 aromatic carbocycles. The van der Waals surface area contributed by atoms with Crippen LogP contribution in [0.3, 0.4) is 0 Å². The maximum absolute atomic E-state index is 11.6. The van der Waals surface area contributed by atoms with Crippen LogP contribution in [-0.2, 0) is 20.3 Å². The SMILES string of the molecule is CC(C)(C)c1ccc(OCCOC(=O)OCCOc2ccc(C(C)(C)C)cc2)cc1. The lowest BCUT2D eigenvalue weighted by atomic mass is 9.87. The molecule has 0 saturated carbocycles. The van der Waals surface area contributed by atoms with Crippen molar-refractivity contribution in [3.63, 3.8) is 0 Å². The lowest BCUT2D eigenvalue weighted by molar-refractivity contribution is 0.0383. The van der Waals surface area contributed by atoms with E-state index in [-0.39, 0.29) is 37.3 Å². The Balaban J connectivity index is 1.58. The second-order valence-electron chi connectivity index (χ2n) is 9.19. The Morgan fingerprint density at radius 2 is 0.933 bits per heavy atom. The van der Waals surface area contributed by atoms with Crippen LogP contribution in [0.15, 0.2) is 48.5 Å². The van der Waals surface area contributed by atoms with E-state index in [0.29, 0.717) is 0 Å². The first kappa shape index (κ1) is 23.6. The summed E-state index contributed by atoms with van der Waals surface area (Å²) in [6.07, 6.45) is -0.728. The second-order valence-corrected chi connectivity index (χ2v) is 9.19. The molecule has 2 aromatic rings. The van der Waals surface area contributed by atoms with Crippen LogP contribution in [0.25, 0.3) is 0 Å². The van der Waals surface area contributed by atoms with E-state index >= 15 is 0 Å². The summed E-state index contributed by atoms with van der Waals surface area (Å²) in [5, 5.41) is 0. The van der Waals surface area contributed by atoms with Gasteiger partial charge in [0.25, 0.3) is 0 Å². The molecule has 0 spiro atoms. The smallest absolute Gasteiger partial charge is 0.490 e. The molecule has 0 saturated heterocycles. The Hall–Kier alpha value is -2.69. The van der Waals surface area contributed by atoms with Crippen molar-refractivity contribution in [2.75, 3.05) is 26.4 Å². The lowest BCUT2D eigenvalue weighted by Gasteiger charge is -2.19. The Labute approximate surface area is 180 Å². The van der Waals surface area contributed by atoms with Crippen LogP contribution in [0, 0.1) is 0 Å². The topological polar surface area (TPSA) is 54.0 Å². The van der Waals surface area contributed by atoms with Crippen molar-refractivity contribution < 1.29 is 23.7 Å². The molecule has 2 rings (SSSR count). The summed E-state index contributed by atoms with van der Waals surface area (Å²) in [7, 11) is 0. The molecule has 0 fully saturated rings. The van der Waals surface area contributed by atoms with Gasteiger partial charge in [-0.3, -0.25) is 0 Å². The normalized spacial score (nSPS) is 11.7. The fourth-order valence-corrected chi connectivity index (χ4v) is 2.71. The molecule has 0 N–H and O–H groups in total. The van der Waals surface area contributed by atoms with Crippen LogP contribution in [0.1, 0.15) is 52.7 Å². The highest BCUT2D eigenvalue weighted by atomic mass is 16.7. The average Bonchev–Trinajstić information content (AvgIpc) is 2.68. The highest BCUT2D eigenvalue weighted by molar-refractivity contribution is 5.59. The molecular formula is C25H34O5. The highest BCUT2D eigenvalue weighted by Gasteiger charge is 2.14. The molecule has 0 unspecified atom stereocenters. The molecule has 0 aliphatic rings. The predicted octanol–water partition coefficient (Wildman–Crippen LogP) is 5.89. The molecule has 5 nitrogen and oxygen atoms in total. The first-order chi connectivity index (χ1) is 14.1. The van der Waals surface area contributed by atoms with Gasteiger partial charge in [0, 0.05) is 0 Å². The quantitative estimate of drug-likeness (QED) is 0.398. The number of rotatable bonds is 8. The Kier molecular flexibility index (Phi) is 8.16. The molecule has 0 amide bonds. The fourth-order valence-electron chi connectivity index (χ4n) is 2.71. The number of hydrogen-bond donors (Lipinski definition) is 0. The van der Waals surface area contributed by atoms with Gasteiger partial charge < -0.3 is 18.9 Å². The van der Waals surface area contributed by atoms with E-state index in [9.17, 15) is 4.79 Å². The van der Waals surface area contributed by atoms with E-state index in [1.807, 2.05) is 48.5 Å². The van der Waals surface area contributed by atoms with Gasteiger partial charge >= 0.3 is 6.16 Å². The maximum atomic E-state index is 11.6. The number of carbonyl (C=O) groups excluding carboxylic acids is 1. The zero-order valence-electron chi connectivity index (χ0n) is 19.0. The first-order valence-electron chi connectivity index (χ1n) is 10.3. The molecule has 0 aliphatic heterocycles. The standard InChI is InChI=1S/C25H34O5/c1-24(2,3)19-7-11-21(12-8-19)27-15-17-29-23(26)30-18-16-28-22-13-9-20(10-14-22)25(4,5)6/h7-14H,15-18H2,1-6H3. The van der Waals surface area contributed by atoms with Gasteiger partial charge in [-0.2, -0.15) is 0 Å². The molecule has 0 aromatic heterocycles. The largest absolute Gasteiger partial charge is 0.508 e. The summed E-state index contributed by atoms with van der Waals surface area (Å²) in [5.74, 6) is 1.48. The molecule has 0 radical (unpaired) electrons. The van der Waals surface area contributed by atoms with Gasteiger partial charge in [0.15, 0.2) is 0 Å². The Morgan fingerprint density at radius 3 is 1.23 bits per heavy atom. The van der Waals surface area contributed by atoms with Gasteiger partial charge in [-0.05, 0) is 46.2 Å². The molecule has 0 aliphatic carbocycles. The Bertz CT molecular complexity index is 713. The van der Waals surface area contributed by atoms with E-state index in [4.69, 9.17) is 18.9 Å². The molecule has 0 bridgehead atoms. The van der Waals surface area contributed by atoms with Crippen LogP contribution in [0.5, 0.6) is 11.5 Å². The van der Waals surface area contributed by atoms with Crippen LogP contribution >= 0.6 is 0 Å². The minimum Gasteiger partial charge on any atom is -0.490 e. The van der Waals surface area contributed by atoms with Crippen LogP contribution in [-0.4, -0.2) is 32.6 Å². The van der Waals surface area contributed by atoms with Gasteiger partial charge in [0.1, 0.15) is 37.9 Å². The zero-order valence-corrected chi connectivity index (χ0v) is 19.0. The van der Waals surface area contributed by atoms with Crippen LogP contribution < -0.4 is 9.47 Å². The van der Waals surface area contributed by atoms with Crippen molar-refractivity contribution in [1.29, 1.82) is 0 Å². The van der Waals surface area contributed by atoms with Crippen molar-refractivity contribution in [1.82, 2.24) is 0 Å². The maximum Gasteiger partial charge on any atom is 0.508 e. The van der Waals surface area contributed by atoms with Crippen molar-refractivity contribution in [2.45, 2.75) is 52.4 Å². The summed E-state index contributed by atoms with van der Waals surface area (Å²) >= 11 is 0. The summed E-state index contributed by atoms with van der Waals surface area (Å²) in [6, 6.07) is 15.9. The zero-order chi connectivity index (χ0) is 22.2. The van der Waals surface area contributed by atoms with E-state index in [0.717, 1.165) is 11.5 Å². The molecule has 164 valence electrons. The number of hydrogen-bond acceptors (Lipinski definition) is 5. The van der Waals surface area contributed by atoms with Gasteiger partial charge in [0.2, 0.25) is 0 Å². The third-order valence-electron chi connectivity index (χ3n) is 4.58. The Morgan fingerprint density at radius 1 is 0.600 bits per heavy atom. The summed E-state index contributed by atoms with van der Waals surface area (Å²) in [6.45, 7) is 13.7. The van der Waals surface area contributed by atoms with E-state index in [2.05, 4.69) is 41.5 Å². The average molecular weight is 415 g/mol. The van der Waals surface area contributed by atoms with E-state index in [1.165, 1.54) is 11.1 Å². The first-order valence-corrected chi connectivity index (χ1v) is 10.3. The third kappa shape index (κ3) is 7.97. The van der Waals surface area contributed by atoms with Crippen LogP contribution in [0.2, 0.25) is 0 Å². The van der Waals surface area contributed by atoms with Gasteiger partial charge in [0.05, 0.1) is 0 Å². The molecule has 30 heavy (non-hydrogen) atoms. The van der Waals surface area contributed by atoms with E-state index in [1.54, 1.807) is 0 Å². The van der Waals surface area contributed by atoms with Gasteiger partial charge in [-0.15, -0.1) is 0 Å². The van der Waals surface area contributed by atoms with Crippen molar-refractivity contribution in [3.8, 4) is 11.5 Å². The second kappa shape index (κ2) is 10.4. The van der Waals surface area contributed by atoms with Gasteiger partial charge in [-0.1, -0.05) is 65.8 Å². The summed E-state index contributed by atoms with van der Waals surface area (Å²) in [4.78, 5) is 11.6. The third-order valence-corrected chi connectivity index (χ3v) is 4.58. The summed E-state index contributed by atoms with van der Waals surface area (Å²) in [5.41, 5.74) is 2.68. The summed E-state index contributed by atoms with van der Waals surface area (Å²) < 4.78 is 21.2. The van der Waals surface area contributed by atoms with Gasteiger partial charge in [-0.25, -0.2) is 4.79 Å². The fraction of sp³-hybridized carbons (Fsp3) is 0.480. The minimum absolute atomic E-state index is 0.102. The molecule has 0 heterocycles. The predicted molar refractivity (Wildman–Crippen MR) is 119 cm³/mol. The van der Waals surface area contributed by atoms with Crippen molar-refractivity contribution in [2.24, 2.45) is 0 Å². The molecule has 5 heteroatoms. The number of benzene rings is 2. The van der Waals surface area contributed by atoms with Crippen molar-refractivity contribution in [3.05, 3.63) is 59.7 Å². The van der Waals surface area contributed by atoms with Crippen molar-refractivity contribution >= 4 is 6.16 Å². The monoisotopic (exact) mass is 414 g/mol. The highest BCUT2D eigenvalue weighted by Crippen LogP contribution is 2.25. The molecular weight excluding hydrogens is 380 g/mol. The van der Waals surface area contributed by atoms with Crippen LogP contribution in [0.4, 0.5) is 4.79 Å². The lowest BCUT2D eigenvalue weighted by Crippen LogP contribution is -2.16.